The lowest BCUT2D eigenvalue weighted by Crippen LogP contribution is -2.49. The third-order valence-corrected chi connectivity index (χ3v) is 2.48. The zero-order valence-electron chi connectivity index (χ0n) is 11.9. The second-order valence-electron chi connectivity index (χ2n) is 5.53. The van der Waals surface area contributed by atoms with Crippen molar-refractivity contribution in [3.8, 4) is 0 Å². The first-order chi connectivity index (χ1) is 8.18. The van der Waals surface area contributed by atoms with Crippen LogP contribution < -0.4 is 10.6 Å². The summed E-state index contributed by atoms with van der Waals surface area (Å²) >= 11 is 0. The minimum Gasteiger partial charge on any atom is -0.480 e. The van der Waals surface area contributed by atoms with Gasteiger partial charge in [0.1, 0.15) is 6.04 Å². The molecule has 1 atom stereocenters. The van der Waals surface area contributed by atoms with Crippen LogP contribution in [0.25, 0.3) is 0 Å². The minimum absolute atomic E-state index is 0.0637. The molecule has 0 heterocycles. The average Bonchev–Trinajstić information content (AvgIpc) is 2.21. The fourth-order valence-electron chi connectivity index (χ4n) is 1.78. The van der Waals surface area contributed by atoms with E-state index in [0.717, 1.165) is 6.54 Å². The molecule has 0 radical (unpaired) electrons. The van der Waals surface area contributed by atoms with Gasteiger partial charge in [0.25, 0.3) is 0 Å². The predicted molar refractivity (Wildman–Crippen MR) is 70.6 cm³/mol. The summed E-state index contributed by atoms with van der Waals surface area (Å²) in [5.74, 6) is -1.01. The molecule has 0 aliphatic rings. The van der Waals surface area contributed by atoms with E-state index in [1.54, 1.807) is 6.92 Å². The molecule has 106 valence electrons. The van der Waals surface area contributed by atoms with E-state index in [2.05, 4.69) is 10.6 Å². The van der Waals surface area contributed by atoms with E-state index >= 15 is 0 Å². The third kappa shape index (κ3) is 7.11. The quantitative estimate of drug-likeness (QED) is 0.630. The average molecular weight is 259 g/mol. The van der Waals surface area contributed by atoms with Gasteiger partial charge in [-0.25, -0.2) is 9.59 Å². The molecule has 6 nitrogen and oxygen atoms in total. The van der Waals surface area contributed by atoms with Crippen molar-refractivity contribution in [1.82, 2.24) is 15.5 Å². The van der Waals surface area contributed by atoms with Crippen molar-refractivity contribution in [2.24, 2.45) is 5.41 Å². The van der Waals surface area contributed by atoms with E-state index in [0.29, 0.717) is 13.0 Å². The Hall–Kier alpha value is -1.30. The van der Waals surface area contributed by atoms with Gasteiger partial charge in [-0.2, -0.15) is 0 Å². The number of aliphatic carboxylic acids is 1. The van der Waals surface area contributed by atoms with Crippen molar-refractivity contribution < 1.29 is 14.7 Å². The van der Waals surface area contributed by atoms with Gasteiger partial charge < -0.3 is 20.6 Å². The van der Waals surface area contributed by atoms with Crippen LogP contribution in [-0.2, 0) is 4.79 Å². The Morgan fingerprint density at radius 3 is 2.28 bits per heavy atom. The highest BCUT2D eigenvalue weighted by Gasteiger charge is 2.22. The summed E-state index contributed by atoms with van der Waals surface area (Å²) in [7, 11) is 3.94. The zero-order valence-corrected chi connectivity index (χ0v) is 11.9. The van der Waals surface area contributed by atoms with Gasteiger partial charge >= 0.3 is 12.0 Å². The van der Waals surface area contributed by atoms with Crippen molar-refractivity contribution in [1.29, 1.82) is 0 Å². The van der Waals surface area contributed by atoms with Crippen LogP contribution in [0, 0.1) is 5.41 Å². The number of carbonyl (C=O) groups excluding carboxylic acids is 1. The second kappa shape index (κ2) is 7.20. The summed E-state index contributed by atoms with van der Waals surface area (Å²) in [6.07, 6.45) is 0.365. The molecule has 0 rings (SSSR count). The summed E-state index contributed by atoms with van der Waals surface area (Å²) in [5.41, 5.74) is -0.0637. The normalized spacial score (nSPS) is 13.2. The van der Waals surface area contributed by atoms with Gasteiger partial charge in [0.2, 0.25) is 0 Å². The van der Waals surface area contributed by atoms with Gasteiger partial charge in [0, 0.05) is 13.1 Å². The van der Waals surface area contributed by atoms with E-state index in [1.807, 2.05) is 32.8 Å². The molecule has 0 aromatic heterocycles. The lowest BCUT2D eigenvalue weighted by atomic mass is 9.93. The lowest BCUT2D eigenvalue weighted by Gasteiger charge is -2.28. The molecule has 0 saturated heterocycles. The van der Waals surface area contributed by atoms with E-state index in [-0.39, 0.29) is 5.41 Å². The van der Waals surface area contributed by atoms with E-state index < -0.39 is 18.0 Å². The molecule has 3 N–H and O–H groups in total. The molecule has 0 saturated carbocycles. The molecule has 1 unspecified atom stereocenters. The number of nitrogens with zero attached hydrogens (tertiary/aromatic N) is 1. The summed E-state index contributed by atoms with van der Waals surface area (Å²) in [6.45, 7) is 7.13. The molecular weight excluding hydrogens is 234 g/mol. The number of rotatable bonds is 7. The van der Waals surface area contributed by atoms with Crippen LogP contribution in [0.4, 0.5) is 4.79 Å². The summed E-state index contributed by atoms with van der Waals surface area (Å²) in [6, 6.07) is -1.27. The van der Waals surface area contributed by atoms with E-state index in [9.17, 15) is 9.59 Å². The minimum atomic E-state index is -1.01. The SMILES string of the molecule is CCC(NC(=O)NCC(C)(C)CN(C)C)C(=O)O. The third-order valence-electron chi connectivity index (χ3n) is 2.48. The van der Waals surface area contributed by atoms with Crippen LogP contribution in [-0.4, -0.2) is 55.2 Å². The van der Waals surface area contributed by atoms with Crippen molar-refractivity contribution >= 4 is 12.0 Å². The number of carboxylic acid groups (broad SMARTS) is 1. The van der Waals surface area contributed by atoms with Gasteiger partial charge in [-0.1, -0.05) is 20.8 Å². The largest absolute Gasteiger partial charge is 0.480 e. The second-order valence-corrected chi connectivity index (χ2v) is 5.53. The van der Waals surface area contributed by atoms with Crippen molar-refractivity contribution in [2.75, 3.05) is 27.2 Å². The van der Waals surface area contributed by atoms with Crippen LogP contribution in [0.15, 0.2) is 0 Å². The van der Waals surface area contributed by atoms with Gasteiger partial charge in [-0.3, -0.25) is 0 Å². The number of carbonyl (C=O) groups is 2. The smallest absolute Gasteiger partial charge is 0.326 e. The van der Waals surface area contributed by atoms with Gasteiger partial charge in [0.05, 0.1) is 0 Å². The van der Waals surface area contributed by atoms with Gasteiger partial charge in [-0.05, 0) is 25.9 Å². The summed E-state index contributed by atoms with van der Waals surface area (Å²) in [4.78, 5) is 24.4. The molecule has 0 bridgehead atoms. The highest BCUT2D eigenvalue weighted by molar-refractivity contribution is 5.82. The van der Waals surface area contributed by atoms with Crippen LogP contribution in [0.1, 0.15) is 27.2 Å². The van der Waals surface area contributed by atoms with E-state index in [4.69, 9.17) is 5.11 Å². The Kier molecular flexibility index (Phi) is 6.68. The van der Waals surface area contributed by atoms with Crippen LogP contribution in [0.3, 0.4) is 0 Å². The number of nitrogens with one attached hydrogen (secondary N) is 2. The predicted octanol–water partition coefficient (Wildman–Crippen LogP) is 0.737. The molecule has 0 fully saturated rings. The molecule has 0 aliphatic carbocycles. The molecule has 0 aliphatic heterocycles. The molecule has 0 aromatic carbocycles. The molecule has 18 heavy (non-hydrogen) atoms. The number of hydrogen-bond acceptors (Lipinski definition) is 3. The van der Waals surface area contributed by atoms with E-state index in [1.165, 1.54) is 0 Å². The Balaban J connectivity index is 4.14. The van der Waals surface area contributed by atoms with Crippen LogP contribution in [0.5, 0.6) is 0 Å². The fourth-order valence-corrected chi connectivity index (χ4v) is 1.78. The first-order valence-electron chi connectivity index (χ1n) is 6.10. The fraction of sp³-hybridized carbons (Fsp3) is 0.833. The Morgan fingerprint density at radius 2 is 1.89 bits per heavy atom. The maximum absolute atomic E-state index is 11.6. The molecule has 2 amide bonds. The number of amides is 2. The van der Waals surface area contributed by atoms with Crippen molar-refractivity contribution in [2.45, 2.75) is 33.2 Å². The van der Waals surface area contributed by atoms with Crippen LogP contribution >= 0.6 is 0 Å². The standard InChI is InChI=1S/C12H25N3O3/c1-6-9(10(16)17)14-11(18)13-7-12(2,3)8-15(4)5/h9H,6-8H2,1-5H3,(H,16,17)(H2,13,14,18). The molecule has 0 spiro atoms. The van der Waals surface area contributed by atoms with Crippen LogP contribution in [0.2, 0.25) is 0 Å². The molecule has 0 aromatic rings. The first-order valence-corrected chi connectivity index (χ1v) is 6.10. The summed E-state index contributed by atoms with van der Waals surface area (Å²) < 4.78 is 0. The Bertz CT molecular complexity index is 290. The van der Waals surface area contributed by atoms with Crippen molar-refractivity contribution in [3.63, 3.8) is 0 Å². The van der Waals surface area contributed by atoms with Crippen molar-refractivity contribution in [3.05, 3.63) is 0 Å². The monoisotopic (exact) mass is 259 g/mol. The number of hydrogen-bond donors (Lipinski definition) is 3. The lowest BCUT2D eigenvalue weighted by molar-refractivity contribution is -0.139. The topological polar surface area (TPSA) is 81.7 Å². The number of urea groups is 1. The highest BCUT2D eigenvalue weighted by Crippen LogP contribution is 2.13. The maximum Gasteiger partial charge on any atom is 0.326 e. The first kappa shape index (κ1) is 16.7. The van der Waals surface area contributed by atoms with Gasteiger partial charge in [-0.15, -0.1) is 0 Å². The molecule has 6 heteroatoms. The molecular formula is C12H25N3O3. The maximum atomic E-state index is 11.6. The highest BCUT2D eigenvalue weighted by atomic mass is 16.4. The summed E-state index contributed by atoms with van der Waals surface area (Å²) in [5, 5.41) is 14.0. The zero-order chi connectivity index (χ0) is 14.3. The number of carboxylic acids is 1. The Morgan fingerprint density at radius 1 is 1.33 bits per heavy atom. The van der Waals surface area contributed by atoms with Gasteiger partial charge in [0.15, 0.2) is 0 Å². The Labute approximate surface area is 109 Å².